The summed E-state index contributed by atoms with van der Waals surface area (Å²) >= 11 is 4.83. The van der Waals surface area contributed by atoms with E-state index in [-0.39, 0.29) is 5.91 Å². The predicted octanol–water partition coefficient (Wildman–Crippen LogP) is 0.424. The van der Waals surface area contributed by atoms with Gasteiger partial charge in [-0.2, -0.15) is 0 Å². The van der Waals surface area contributed by atoms with Gasteiger partial charge in [-0.3, -0.25) is 4.79 Å². The molecule has 1 fully saturated rings. The standard InChI is InChI=1S/C9H16N2O2S/c1-10-9(14)11-8(12)6-7-2-4-13-5-3-7/h7H,2-6H2,1H3,(H2,10,11,12,14). The van der Waals surface area contributed by atoms with E-state index in [0.717, 1.165) is 26.1 Å². The van der Waals surface area contributed by atoms with Crippen LogP contribution in [0.1, 0.15) is 19.3 Å². The van der Waals surface area contributed by atoms with E-state index in [0.29, 0.717) is 17.5 Å². The highest BCUT2D eigenvalue weighted by Gasteiger charge is 2.17. The van der Waals surface area contributed by atoms with Crippen molar-refractivity contribution in [3.63, 3.8) is 0 Å². The third-order valence-corrected chi connectivity index (χ3v) is 2.60. The third kappa shape index (κ3) is 4.02. The van der Waals surface area contributed by atoms with Gasteiger partial charge in [0.2, 0.25) is 5.91 Å². The fourth-order valence-electron chi connectivity index (χ4n) is 1.45. The Morgan fingerprint density at radius 2 is 2.14 bits per heavy atom. The van der Waals surface area contributed by atoms with Gasteiger partial charge in [0.25, 0.3) is 0 Å². The second-order valence-corrected chi connectivity index (χ2v) is 3.80. The summed E-state index contributed by atoms with van der Waals surface area (Å²) in [5, 5.41) is 5.72. The largest absolute Gasteiger partial charge is 0.381 e. The lowest BCUT2D eigenvalue weighted by atomic mass is 9.96. The highest BCUT2D eigenvalue weighted by molar-refractivity contribution is 7.80. The summed E-state index contributed by atoms with van der Waals surface area (Å²) in [6.07, 6.45) is 2.49. The van der Waals surface area contributed by atoms with E-state index in [1.807, 2.05) is 0 Å². The molecule has 1 amide bonds. The van der Waals surface area contributed by atoms with Gasteiger partial charge in [0, 0.05) is 26.7 Å². The van der Waals surface area contributed by atoms with Gasteiger partial charge in [0.05, 0.1) is 0 Å². The van der Waals surface area contributed by atoms with Crippen LogP contribution in [-0.4, -0.2) is 31.3 Å². The van der Waals surface area contributed by atoms with Crippen molar-refractivity contribution in [2.45, 2.75) is 19.3 Å². The molecule has 0 aromatic heterocycles. The Balaban J connectivity index is 2.21. The van der Waals surface area contributed by atoms with Gasteiger partial charge in [-0.15, -0.1) is 0 Å². The fourth-order valence-corrected chi connectivity index (χ4v) is 1.57. The first-order chi connectivity index (χ1) is 6.72. The summed E-state index contributed by atoms with van der Waals surface area (Å²) in [5.74, 6) is 0.444. The molecule has 1 aliphatic rings. The van der Waals surface area contributed by atoms with E-state index >= 15 is 0 Å². The molecule has 0 aromatic rings. The van der Waals surface area contributed by atoms with E-state index in [2.05, 4.69) is 10.6 Å². The van der Waals surface area contributed by atoms with Crippen molar-refractivity contribution < 1.29 is 9.53 Å². The number of rotatable bonds is 2. The molecule has 1 aliphatic heterocycles. The molecule has 0 saturated carbocycles. The molecular weight excluding hydrogens is 200 g/mol. The van der Waals surface area contributed by atoms with Gasteiger partial charge in [-0.25, -0.2) is 0 Å². The Labute approximate surface area is 89.4 Å². The first kappa shape index (κ1) is 11.4. The second kappa shape index (κ2) is 5.93. The van der Waals surface area contributed by atoms with Gasteiger partial charge < -0.3 is 15.4 Å². The maximum absolute atomic E-state index is 11.4. The monoisotopic (exact) mass is 216 g/mol. The molecule has 0 aromatic carbocycles. The average molecular weight is 216 g/mol. The van der Waals surface area contributed by atoms with E-state index < -0.39 is 0 Å². The van der Waals surface area contributed by atoms with Crippen molar-refractivity contribution in [1.29, 1.82) is 0 Å². The maximum Gasteiger partial charge on any atom is 0.226 e. The predicted molar refractivity (Wildman–Crippen MR) is 58.0 cm³/mol. The normalized spacial score (nSPS) is 17.5. The number of nitrogens with one attached hydrogen (secondary N) is 2. The zero-order valence-corrected chi connectivity index (χ0v) is 9.15. The number of thiocarbonyl (C=S) groups is 1. The lowest BCUT2D eigenvalue weighted by molar-refractivity contribution is -0.121. The molecule has 14 heavy (non-hydrogen) atoms. The first-order valence-corrected chi connectivity index (χ1v) is 5.22. The van der Waals surface area contributed by atoms with Crippen molar-refractivity contribution >= 4 is 23.2 Å². The highest BCUT2D eigenvalue weighted by Crippen LogP contribution is 2.17. The summed E-state index contributed by atoms with van der Waals surface area (Å²) in [4.78, 5) is 11.4. The van der Waals surface area contributed by atoms with Crippen molar-refractivity contribution in [2.24, 2.45) is 5.92 Å². The van der Waals surface area contributed by atoms with E-state index in [1.165, 1.54) is 0 Å². The van der Waals surface area contributed by atoms with Crippen LogP contribution in [0.3, 0.4) is 0 Å². The fraction of sp³-hybridized carbons (Fsp3) is 0.778. The molecule has 0 aliphatic carbocycles. The SMILES string of the molecule is CNC(=S)NC(=O)CC1CCOCC1. The Hall–Kier alpha value is -0.680. The molecule has 1 saturated heterocycles. The van der Waals surface area contributed by atoms with E-state index in [1.54, 1.807) is 7.05 Å². The van der Waals surface area contributed by atoms with E-state index in [4.69, 9.17) is 17.0 Å². The van der Waals surface area contributed by atoms with Crippen LogP contribution in [0.2, 0.25) is 0 Å². The number of carbonyl (C=O) groups is 1. The van der Waals surface area contributed by atoms with Crippen molar-refractivity contribution in [3.05, 3.63) is 0 Å². The topological polar surface area (TPSA) is 50.4 Å². The van der Waals surface area contributed by atoms with Gasteiger partial charge in [0.1, 0.15) is 0 Å². The van der Waals surface area contributed by atoms with Crippen LogP contribution in [-0.2, 0) is 9.53 Å². The molecule has 1 rings (SSSR count). The second-order valence-electron chi connectivity index (χ2n) is 3.39. The highest BCUT2D eigenvalue weighted by atomic mass is 32.1. The molecule has 0 unspecified atom stereocenters. The molecule has 1 heterocycles. The smallest absolute Gasteiger partial charge is 0.226 e. The third-order valence-electron chi connectivity index (χ3n) is 2.29. The van der Waals surface area contributed by atoms with Crippen molar-refractivity contribution in [2.75, 3.05) is 20.3 Å². The van der Waals surface area contributed by atoms with Crippen LogP contribution in [0.4, 0.5) is 0 Å². The maximum atomic E-state index is 11.4. The lowest BCUT2D eigenvalue weighted by Crippen LogP contribution is -2.38. The van der Waals surface area contributed by atoms with Crippen LogP contribution in [0, 0.1) is 5.92 Å². The summed E-state index contributed by atoms with van der Waals surface area (Å²) < 4.78 is 5.21. The molecule has 4 nitrogen and oxygen atoms in total. The summed E-state index contributed by atoms with van der Waals surface area (Å²) in [7, 11) is 1.69. The van der Waals surface area contributed by atoms with Crippen LogP contribution in [0.25, 0.3) is 0 Å². The lowest BCUT2D eigenvalue weighted by Gasteiger charge is -2.21. The van der Waals surface area contributed by atoms with Gasteiger partial charge in [-0.05, 0) is 31.0 Å². The zero-order valence-electron chi connectivity index (χ0n) is 8.34. The van der Waals surface area contributed by atoms with Gasteiger partial charge in [-0.1, -0.05) is 0 Å². The number of carbonyl (C=O) groups excluding carboxylic acids is 1. The molecule has 0 bridgehead atoms. The minimum Gasteiger partial charge on any atom is -0.381 e. The number of amides is 1. The molecule has 5 heteroatoms. The summed E-state index contributed by atoms with van der Waals surface area (Å²) in [6.45, 7) is 1.54. The van der Waals surface area contributed by atoms with Crippen LogP contribution < -0.4 is 10.6 Å². The summed E-state index contributed by atoms with van der Waals surface area (Å²) in [5.41, 5.74) is 0. The van der Waals surface area contributed by atoms with Crippen molar-refractivity contribution in [3.8, 4) is 0 Å². The Morgan fingerprint density at radius 1 is 1.50 bits per heavy atom. The molecule has 0 atom stereocenters. The van der Waals surface area contributed by atoms with Crippen LogP contribution >= 0.6 is 12.2 Å². The van der Waals surface area contributed by atoms with Crippen LogP contribution in [0.5, 0.6) is 0 Å². The zero-order chi connectivity index (χ0) is 10.4. The van der Waals surface area contributed by atoms with Crippen LogP contribution in [0.15, 0.2) is 0 Å². The number of hydrogen-bond donors (Lipinski definition) is 2. The molecule has 0 spiro atoms. The average Bonchev–Trinajstić information content (AvgIpc) is 2.19. The van der Waals surface area contributed by atoms with E-state index in [9.17, 15) is 4.79 Å². The minimum absolute atomic E-state index is 0.00347. The minimum atomic E-state index is -0.00347. The van der Waals surface area contributed by atoms with Crippen molar-refractivity contribution in [1.82, 2.24) is 10.6 Å². The Kier molecular flexibility index (Phi) is 4.82. The Morgan fingerprint density at radius 3 is 2.71 bits per heavy atom. The summed E-state index contributed by atoms with van der Waals surface area (Å²) in [6, 6.07) is 0. The quantitative estimate of drug-likeness (QED) is 0.657. The number of ether oxygens (including phenoxy) is 1. The molecule has 0 radical (unpaired) electrons. The number of hydrogen-bond acceptors (Lipinski definition) is 3. The first-order valence-electron chi connectivity index (χ1n) is 4.81. The molecule has 80 valence electrons. The van der Waals surface area contributed by atoms with Gasteiger partial charge in [0.15, 0.2) is 5.11 Å². The molecular formula is C9H16N2O2S. The Bertz CT molecular complexity index is 215. The molecule has 2 N–H and O–H groups in total. The van der Waals surface area contributed by atoms with Gasteiger partial charge >= 0.3 is 0 Å².